The summed E-state index contributed by atoms with van der Waals surface area (Å²) in [6.45, 7) is 0.469. The highest BCUT2D eigenvalue weighted by atomic mass is 79.9. The number of rotatable bonds is 7. The Kier molecular flexibility index (Phi) is 5.45. The average Bonchev–Trinajstić information content (AvgIpc) is 3.42. The van der Waals surface area contributed by atoms with E-state index in [1.54, 1.807) is 24.4 Å². The van der Waals surface area contributed by atoms with Crippen molar-refractivity contribution in [1.82, 2.24) is 4.98 Å². The second kappa shape index (κ2) is 7.75. The van der Waals surface area contributed by atoms with Gasteiger partial charge in [-0.3, -0.25) is 9.78 Å². The van der Waals surface area contributed by atoms with Gasteiger partial charge < -0.3 is 9.47 Å². The van der Waals surface area contributed by atoms with Crippen LogP contribution in [-0.4, -0.2) is 17.6 Å². The Bertz CT molecular complexity index is 717. The highest BCUT2D eigenvalue weighted by molar-refractivity contribution is 9.10. The molecule has 0 unspecified atom stereocenters. The molecule has 0 saturated heterocycles. The predicted molar refractivity (Wildman–Crippen MR) is 90.1 cm³/mol. The summed E-state index contributed by atoms with van der Waals surface area (Å²) in [7, 11) is 0. The SMILES string of the molecule is O=C(OCCc1ccc(OCc2cc(Br)ccc2F)cn1)C1CC1. The number of halogens is 2. The lowest BCUT2D eigenvalue weighted by atomic mass is 10.2. The van der Waals surface area contributed by atoms with Crippen LogP contribution in [0.15, 0.2) is 41.0 Å². The number of hydrogen-bond acceptors (Lipinski definition) is 4. The molecule has 1 aromatic heterocycles. The number of hydrogen-bond donors (Lipinski definition) is 0. The molecule has 3 rings (SSSR count). The van der Waals surface area contributed by atoms with Crippen molar-refractivity contribution in [3.8, 4) is 5.75 Å². The lowest BCUT2D eigenvalue weighted by molar-refractivity contribution is -0.145. The van der Waals surface area contributed by atoms with Crippen molar-refractivity contribution in [2.75, 3.05) is 6.61 Å². The molecule has 0 N–H and O–H groups in total. The Morgan fingerprint density at radius 2 is 2.12 bits per heavy atom. The van der Waals surface area contributed by atoms with Crippen LogP contribution in [-0.2, 0) is 22.6 Å². The number of nitrogens with zero attached hydrogens (tertiary/aromatic N) is 1. The fourth-order valence-electron chi connectivity index (χ4n) is 2.15. The Labute approximate surface area is 148 Å². The van der Waals surface area contributed by atoms with Gasteiger partial charge in [-0.25, -0.2) is 4.39 Å². The van der Waals surface area contributed by atoms with Crippen molar-refractivity contribution >= 4 is 21.9 Å². The summed E-state index contributed by atoms with van der Waals surface area (Å²) in [4.78, 5) is 15.7. The molecule has 126 valence electrons. The summed E-state index contributed by atoms with van der Waals surface area (Å²) in [5, 5.41) is 0. The van der Waals surface area contributed by atoms with E-state index in [1.165, 1.54) is 6.07 Å². The first kappa shape index (κ1) is 16.9. The lowest BCUT2D eigenvalue weighted by Gasteiger charge is -2.08. The molecule has 1 fully saturated rings. The number of carbonyl (C=O) groups excluding carboxylic acids is 1. The van der Waals surface area contributed by atoms with E-state index in [1.807, 2.05) is 6.07 Å². The molecule has 0 aliphatic heterocycles. The minimum atomic E-state index is -0.305. The van der Waals surface area contributed by atoms with Crippen molar-refractivity contribution < 1.29 is 18.7 Å². The summed E-state index contributed by atoms with van der Waals surface area (Å²) in [6, 6.07) is 8.32. The maximum absolute atomic E-state index is 13.6. The molecule has 1 aliphatic rings. The number of benzene rings is 1. The zero-order valence-electron chi connectivity index (χ0n) is 13.0. The van der Waals surface area contributed by atoms with Crippen LogP contribution in [0.2, 0.25) is 0 Å². The zero-order chi connectivity index (χ0) is 16.9. The van der Waals surface area contributed by atoms with Crippen LogP contribution in [0.4, 0.5) is 4.39 Å². The largest absolute Gasteiger partial charge is 0.487 e. The van der Waals surface area contributed by atoms with Gasteiger partial charge in [-0.15, -0.1) is 0 Å². The Balaban J connectivity index is 1.47. The first-order valence-electron chi connectivity index (χ1n) is 7.80. The standard InChI is InChI=1S/C18H17BrFNO3/c19-14-3-6-17(20)13(9-14)11-24-16-5-4-15(21-10-16)7-8-23-18(22)12-1-2-12/h3-6,9-10,12H,1-2,7-8,11H2. The molecule has 4 nitrogen and oxygen atoms in total. The lowest BCUT2D eigenvalue weighted by Crippen LogP contribution is -2.09. The van der Waals surface area contributed by atoms with E-state index in [2.05, 4.69) is 20.9 Å². The quantitative estimate of drug-likeness (QED) is 0.665. The van der Waals surface area contributed by atoms with Crippen molar-refractivity contribution in [2.24, 2.45) is 5.92 Å². The summed E-state index contributed by atoms with van der Waals surface area (Å²) < 4.78 is 25.2. The molecule has 2 aromatic rings. The van der Waals surface area contributed by atoms with Gasteiger partial charge in [0.25, 0.3) is 0 Å². The molecule has 0 bridgehead atoms. The van der Waals surface area contributed by atoms with Crippen LogP contribution < -0.4 is 4.74 Å². The van der Waals surface area contributed by atoms with E-state index in [0.29, 0.717) is 24.3 Å². The third kappa shape index (κ3) is 4.77. The van der Waals surface area contributed by atoms with Gasteiger partial charge in [-0.1, -0.05) is 15.9 Å². The average molecular weight is 394 g/mol. The van der Waals surface area contributed by atoms with Crippen LogP contribution in [0.3, 0.4) is 0 Å². The van der Waals surface area contributed by atoms with Crippen LogP contribution in [0.25, 0.3) is 0 Å². The molecule has 0 spiro atoms. The second-order valence-corrected chi connectivity index (χ2v) is 6.62. The zero-order valence-corrected chi connectivity index (χ0v) is 14.6. The van der Waals surface area contributed by atoms with E-state index in [4.69, 9.17) is 9.47 Å². The Morgan fingerprint density at radius 3 is 2.83 bits per heavy atom. The highest BCUT2D eigenvalue weighted by Gasteiger charge is 2.30. The van der Waals surface area contributed by atoms with Gasteiger partial charge >= 0.3 is 5.97 Å². The number of ether oxygens (including phenoxy) is 2. The first-order valence-corrected chi connectivity index (χ1v) is 8.59. The maximum Gasteiger partial charge on any atom is 0.308 e. The van der Waals surface area contributed by atoms with E-state index in [0.717, 1.165) is 23.0 Å². The van der Waals surface area contributed by atoms with Gasteiger partial charge in [0.1, 0.15) is 18.2 Å². The molecule has 6 heteroatoms. The first-order chi connectivity index (χ1) is 11.6. The molecular weight excluding hydrogens is 377 g/mol. The van der Waals surface area contributed by atoms with E-state index < -0.39 is 0 Å². The van der Waals surface area contributed by atoms with E-state index in [-0.39, 0.29) is 24.3 Å². The maximum atomic E-state index is 13.6. The van der Waals surface area contributed by atoms with Crippen molar-refractivity contribution in [3.05, 3.63) is 58.1 Å². The van der Waals surface area contributed by atoms with Crippen LogP contribution in [0, 0.1) is 11.7 Å². The van der Waals surface area contributed by atoms with Crippen LogP contribution >= 0.6 is 15.9 Å². The fourth-order valence-corrected chi connectivity index (χ4v) is 2.56. The van der Waals surface area contributed by atoms with Crippen molar-refractivity contribution in [1.29, 1.82) is 0 Å². The van der Waals surface area contributed by atoms with E-state index in [9.17, 15) is 9.18 Å². The third-order valence-corrected chi connectivity index (χ3v) is 4.21. The normalized spacial score (nSPS) is 13.6. The molecule has 0 amide bonds. The van der Waals surface area contributed by atoms with Crippen molar-refractivity contribution in [2.45, 2.75) is 25.9 Å². The van der Waals surface area contributed by atoms with Crippen LogP contribution in [0.1, 0.15) is 24.1 Å². The van der Waals surface area contributed by atoms with Gasteiger partial charge in [-0.2, -0.15) is 0 Å². The monoisotopic (exact) mass is 393 g/mol. The van der Waals surface area contributed by atoms with Gasteiger partial charge in [0, 0.05) is 22.2 Å². The third-order valence-electron chi connectivity index (χ3n) is 3.71. The number of pyridine rings is 1. The van der Waals surface area contributed by atoms with Gasteiger partial charge in [-0.05, 0) is 43.2 Å². The molecule has 0 atom stereocenters. The summed E-state index contributed by atoms with van der Waals surface area (Å²) in [5.74, 6) is 0.270. The molecule has 1 saturated carbocycles. The second-order valence-electron chi connectivity index (χ2n) is 5.70. The van der Waals surface area contributed by atoms with Gasteiger partial charge in [0.05, 0.1) is 18.7 Å². The summed E-state index contributed by atoms with van der Waals surface area (Å²) in [6.07, 6.45) is 4.05. The predicted octanol–water partition coefficient (Wildman–Crippen LogP) is 4.06. The van der Waals surface area contributed by atoms with Crippen LogP contribution in [0.5, 0.6) is 5.75 Å². The van der Waals surface area contributed by atoms with Gasteiger partial charge in [0.2, 0.25) is 0 Å². The molecule has 24 heavy (non-hydrogen) atoms. The highest BCUT2D eigenvalue weighted by Crippen LogP contribution is 2.30. The Hall–Kier alpha value is -1.95. The summed E-state index contributed by atoms with van der Waals surface area (Å²) >= 11 is 3.31. The number of aromatic nitrogens is 1. The summed E-state index contributed by atoms with van der Waals surface area (Å²) in [5.41, 5.74) is 1.29. The fraction of sp³-hybridized carbons (Fsp3) is 0.333. The number of esters is 1. The molecule has 1 heterocycles. The van der Waals surface area contributed by atoms with Crippen molar-refractivity contribution in [3.63, 3.8) is 0 Å². The molecular formula is C18H17BrFNO3. The molecule has 0 radical (unpaired) electrons. The van der Waals surface area contributed by atoms with E-state index >= 15 is 0 Å². The van der Waals surface area contributed by atoms with Gasteiger partial charge in [0.15, 0.2) is 0 Å². The number of carbonyl (C=O) groups is 1. The minimum absolute atomic E-state index is 0.106. The minimum Gasteiger partial charge on any atom is -0.487 e. The molecule has 1 aliphatic carbocycles. The molecule has 1 aromatic carbocycles. The Morgan fingerprint density at radius 1 is 1.29 bits per heavy atom. The topological polar surface area (TPSA) is 48.4 Å². The smallest absolute Gasteiger partial charge is 0.308 e.